The maximum atomic E-state index is 12.8. The first-order valence-corrected chi connectivity index (χ1v) is 8.08. The van der Waals surface area contributed by atoms with Gasteiger partial charge >= 0.3 is 0 Å². The van der Waals surface area contributed by atoms with Crippen molar-refractivity contribution in [3.63, 3.8) is 0 Å². The molecule has 1 aromatic carbocycles. The number of nitrogens with one attached hydrogen (secondary N) is 1. The summed E-state index contributed by atoms with van der Waals surface area (Å²) < 4.78 is 1.72. The van der Waals surface area contributed by atoms with Crippen molar-refractivity contribution in [2.24, 2.45) is 5.92 Å². The van der Waals surface area contributed by atoms with Gasteiger partial charge in [0.25, 0.3) is 5.91 Å². The van der Waals surface area contributed by atoms with Crippen LogP contribution in [0.4, 0.5) is 0 Å². The number of hydrogen-bond donors (Lipinski definition) is 1. The van der Waals surface area contributed by atoms with E-state index in [1.54, 1.807) is 11.0 Å². The van der Waals surface area contributed by atoms with Crippen molar-refractivity contribution in [1.82, 2.24) is 25.0 Å². The average molecular weight is 313 g/mol. The van der Waals surface area contributed by atoms with E-state index in [1.165, 1.54) is 12.7 Å². The number of benzene rings is 1. The molecule has 2 heterocycles. The highest BCUT2D eigenvalue weighted by molar-refractivity contribution is 5.94. The zero-order valence-corrected chi connectivity index (χ0v) is 13.7. The number of nitrogens with zero attached hydrogens (tertiary/aromatic N) is 4. The molecule has 6 nitrogen and oxygen atoms in total. The molecule has 1 amide bonds. The molecule has 23 heavy (non-hydrogen) atoms. The van der Waals surface area contributed by atoms with Crippen molar-refractivity contribution < 1.29 is 4.79 Å². The summed E-state index contributed by atoms with van der Waals surface area (Å²) in [4.78, 5) is 18.7. The van der Waals surface area contributed by atoms with Gasteiger partial charge in [0.15, 0.2) is 0 Å². The molecule has 2 aromatic rings. The Hall–Kier alpha value is -2.21. The van der Waals surface area contributed by atoms with Gasteiger partial charge in [0.1, 0.15) is 12.7 Å². The molecular weight excluding hydrogens is 290 g/mol. The molecule has 0 spiro atoms. The number of carbonyl (C=O) groups is 1. The Morgan fingerprint density at radius 3 is 3.00 bits per heavy atom. The summed E-state index contributed by atoms with van der Waals surface area (Å²) in [6.45, 7) is 4.65. The number of amides is 1. The summed E-state index contributed by atoms with van der Waals surface area (Å²) in [5.41, 5.74) is 2.72. The van der Waals surface area contributed by atoms with Crippen LogP contribution in [0.3, 0.4) is 0 Å². The predicted octanol–water partition coefficient (Wildman–Crippen LogP) is 1.65. The first-order chi connectivity index (χ1) is 11.2. The minimum Gasteiger partial charge on any atom is -0.338 e. The summed E-state index contributed by atoms with van der Waals surface area (Å²) in [7, 11) is 1.97. The topological polar surface area (TPSA) is 63.1 Å². The molecule has 122 valence electrons. The predicted molar refractivity (Wildman–Crippen MR) is 88.7 cm³/mol. The maximum absolute atomic E-state index is 12.8. The maximum Gasteiger partial charge on any atom is 0.253 e. The van der Waals surface area contributed by atoms with Gasteiger partial charge in [-0.3, -0.25) is 4.79 Å². The molecule has 1 N–H and O–H groups in total. The van der Waals surface area contributed by atoms with E-state index in [0.717, 1.165) is 42.9 Å². The molecule has 1 aliphatic heterocycles. The summed E-state index contributed by atoms with van der Waals surface area (Å²) in [5.74, 6) is 0.673. The quantitative estimate of drug-likeness (QED) is 0.932. The third-order valence-electron chi connectivity index (χ3n) is 4.41. The zero-order valence-electron chi connectivity index (χ0n) is 13.7. The summed E-state index contributed by atoms with van der Waals surface area (Å²) in [6.07, 6.45) is 5.44. The molecule has 3 rings (SSSR count). The molecule has 1 atom stereocenters. The van der Waals surface area contributed by atoms with Crippen LogP contribution in [0.1, 0.15) is 28.8 Å². The smallest absolute Gasteiger partial charge is 0.253 e. The van der Waals surface area contributed by atoms with Gasteiger partial charge in [-0.05, 0) is 63.0 Å². The number of aromatic nitrogens is 3. The molecule has 1 aliphatic rings. The monoisotopic (exact) mass is 313 g/mol. The molecule has 0 saturated carbocycles. The van der Waals surface area contributed by atoms with Gasteiger partial charge in [-0.25, -0.2) is 9.67 Å². The van der Waals surface area contributed by atoms with Crippen LogP contribution in [0.25, 0.3) is 5.69 Å². The Bertz CT molecular complexity index is 666. The molecule has 0 bridgehead atoms. The molecule has 1 aromatic heterocycles. The number of carbonyl (C=O) groups excluding carboxylic acids is 1. The molecule has 0 radical (unpaired) electrons. The Morgan fingerprint density at radius 1 is 1.43 bits per heavy atom. The van der Waals surface area contributed by atoms with E-state index in [4.69, 9.17) is 0 Å². The third-order valence-corrected chi connectivity index (χ3v) is 4.41. The number of likely N-dealkylation sites (tertiary alicyclic amines) is 1. The lowest BCUT2D eigenvalue weighted by atomic mass is 9.97. The fourth-order valence-electron chi connectivity index (χ4n) is 3.27. The highest BCUT2D eigenvalue weighted by atomic mass is 16.2. The van der Waals surface area contributed by atoms with Crippen molar-refractivity contribution in [2.75, 3.05) is 26.7 Å². The highest BCUT2D eigenvalue weighted by Crippen LogP contribution is 2.20. The van der Waals surface area contributed by atoms with Crippen LogP contribution in [0.5, 0.6) is 0 Å². The van der Waals surface area contributed by atoms with Crippen LogP contribution >= 0.6 is 0 Å². The van der Waals surface area contributed by atoms with E-state index in [0.29, 0.717) is 5.92 Å². The highest BCUT2D eigenvalue weighted by Gasteiger charge is 2.24. The molecule has 1 unspecified atom stereocenters. The number of hydrogen-bond acceptors (Lipinski definition) is 4. The summed E-state index contributed by atoms with van der Waals surface area (Å²) in [6, 6.07) is 5.77. The average Bonchev–Trinajstić information content (AvgIpc) is 3.09. The van der Waals surface area contributed by atoms with E-state index < -0.39 is 0 Å². The van der Waals surface area contributed by atoms with Crippen molar-refractivity contribution >= 4 is 5.91 Å². The lowest BCUT2D eigenvalue weighted by Gasteiger charge is -2.33. The van der Waals surface area contributed by atoms with Crippen LogP contribution in [0.2, 0.25) is 0 Å². The van der Waals surface area contributed by atoms with Gasteiger partial charge in [0.05, 0.1) is 5.69 Å². The van der Waals surface area contributed by atoms with Crippen molar-refractivity contribution in [3.8, 4) is 5.69 Å². The Labute approximate surface area is 136 Å². The minimum atomic E-state index is 0.124. The van der Waals surface area contributed by atoms with Gasteiger partial charge in [-0.15, -0.1) is 0 Å². The van der Waals surface area contributed by atoms with E-state index >= 15 is 0 Å². The van der Waals surface area contributed by atoms with Crippen molar-refractivity contribution in [2.45, 2.75) is 19.8 Å². The Kier molecular flexibility index (Phi) is 4.71. The van der Waals surface area contributed by atoms with Gasteiger partial charge in [-0.2, -0.15) is 5.10 Å². The second kappa shape index (κ2) is 6.91. The van der Waals surface area contributed by atoms with E-state index in [2.05, 4.69) is 15.4 Å². The normalized spacial score (nSPS) is 18.2. The van der Waals surface area contributed by atoms with Crippen LogP contribution < -0.4 is 5.32 Å². The molecule has 6 heteroatoms. The Morgan fingerprint density at radius 2 is 2.30 bits per heavy atom. The van der Waals surface area contributed by atoms with Gasteiger partial charge in [0.2, 0.25) is 0 Å². The van der Waals surface area contributed by atoms with E-state index in [-0.39, 0.29) is 5.91 Å². The van der Waals surface area contributed by atoms with Crippen LogP contribution in [0.15, 0.2) is 30.9 Å². The van der Waals surface area contributed by atoms with Crippen LogP contribution in [-0.2, 0) is 0 Å². The standard InChI is InChI=1S/C17H23N5O/c1-13-8-15(5-6-16(13)22-12-19-11-20-22)17(23)21-7-3-4-14(10-21)9-18-2/h5-6,8,11-12,14,18H,3-4,7,9-10H2,1-2H3. The van der Waals surface area contributed by atoms with Crippen molar-refractivity contribution in [3.05, 3.63) is 42.0 Å². The second-order valence-electron chi connectivity index (χ2n) is 6.16. The fraction of sp³-hybridized carbons (Fsp3) is 0.471. The number of piperidine rings is 1. The largest absolute Gasteiger partial charge is 0.338 e. The molecule has 0 aliphatic carbocycles. The van der Waals surface area contributed by atoms with Crippen LogP contribution in [-0.4, -0.2) is 52.3 Å². The van der Waals surface area contributed by atoms with Crippen molar-refractivity contribution in [1.29, 1.82) is 0 Å². The van der Waals surface area contributed by atoms with Gasteiger partial charge in [-0.1, -0.05) is 0 Å². The summed E-state index contributed by atoms with van der Waals surface area (Å²) in [5, 5.41) is 7.36. The lowest BCUT2D eigenvalue weighted by Crippen LogP contribution is -2.42. The molecule has 1 saturated heterocycles. The second-order valence-corrected chi connectivity index (χ2v) is 6.16. The zero-order chi connectivity index (χ0) is 16.2. The van der Waals surface area contributed by atoms with Gasteiger partial charge < -0.3 is 10.2 Å². The Balaban J connectivity index is 1.76. The first-order valence-electron chi connectivity index (χ1n) is 8.08. The third kappa shape index (κ3) is 3.42. The fourth-order valence-corrected chi connectivity index (χ4v) is 3.27. The van der Waals surface area contributed by atoms with E-state index in [9.17, 15) is 4.79 Å². The minimum absolute atomic E-state index is 0.124. The lowest BCUT2D eigenvalue weighted by molar-refractivity contribution is 0.0674. The SMILES string of the molecule is CNCC1CCCN(C(=O)c2ccc(-n3cncn3)c(C)c2)C1. The van der Waals surface area contributed by atoms with Gasteiger partial charge in [0, 0.05) is 18.7 Å². The van der Waals surface area contributed by atoms with Crippen LogP contribution in [0, 0.1) is 12.8 Å². The number of aryl methyl sites for hydroxylation is 1. The first kappa shape index (κ1) is 15.7. The molecular formula is C17H23N5O. The number of rotatable bonds is 4. The van der Waals surface area contributed by atoms with E-state index in [1.807, 2.05) is 37.1 Å². The summed E-state index contributed by atoms with van der Waals surface area (Å²) >= 11 is 0. The molecule has 1 fully saturated rings.